The molecule has 4 aromatic rings. The fourth-order valence-corrected chi connectivity index (χ4v) is 3.90. The van der Waals surface area contributed by atoms with E-state index in [0.29, 0.717) is 5.75 Å². The van der Waals surface area contributed by atoms with E-state index in [4.69, 9.17) is 4.74 Å². The van der Waals surface area contributed by atoms with Gasteiger partial charge in [-0.1, -0.05) is 48.5 Å². The Morgan fingerprint density at radius 1 is 0.686 bits per heavy atom. The Balaban J connectivity index is 1.73. The summed E-state index contributed by atoms with van der Waals surface area (Å²) in [5, 5.41) is 0.166. The molecule has 0 amide bonds. The van der Waals surface area contributed by atoms with E-state index in [-0.39, 0.29) is 27.3 Å². The highest BCUT2D eigenvalue weighted by molar-refractivity contribution is 6.08. The molecule has 0 aliphatic heterocycles. The minimum absolute atomic E-state index is 0.0683. The fraction of sp³-hybridized carbons (Fsp3) is 0.240. The van der Waals surface area contributed by atoms with Crippen molar-refractivity contribution in [3.63, 3.8) is 0 Å². The summed E-state index contributed by atoms with van der Waals surface area (Å²) >= 11 is 0. The molecule has 0 aliphatic carbocycles. The highest BCUT2D eigenvalue weighted by Gasteiger charge is 2.81. The zero-order valence-corrected chi connectivity index (χ0v) is 18.1. The van der Waals surface area contributed by atoms with Gasteiger partial charge in [0.1, 0.15) is 5.75 Å². The molecule has 35 heavy (non-hydrogen) atoms. The lowest BCUT2D eigenvalue weighted by molar-refractivity contribution is -0.380. The van der Waals surface area contributed by atoms with Crippen LogP contribution in [0.25, 0.3) is 21.8 Å². The van der Waals surface area contributed by atoms with E-state index < -0.39 is 41.3 Å². The van der Waals surface area contributed by atoms with E-state index in [1.807, 2.05) is 0 Å². The van der Waals surface area contributed by atoms with Gasteiger partial charge in [0.25, 0.3) is 0 Å². The van der Waals surface area contributed by atoms with Gasteiger partial charge in [-0.3, -0.25) is 4.57 Å². The molecule has 0 unspecified atom stereocenters. The Morgan fingerprint density at radius 2 is 1.17 bits per heavy atom. The molecule has 0 bridgehead atoms. The summed E-state index contributed by atoms with van der Waals surface area (Å²) in [7, 11) is 1.34. The van der Waals surface area contributed by atoms with Gasteiger partial charge in [-0.25, -0.2) is 0 Å². The number of fused-ring (bicyclic) bond motifs is 3. The van der Waals surface area contributed by atoms with Crippen molar-refractivity contribution < 1.29 is 39.9 Å². The van der Waals surface area contributed by atoms with Gasteiger partial charge in [-0.15, -0.1) is 0 Å². The van der Waals surface area contributed by atoms with Crippen LogP contribution >= 0.6 is 0 Å². The summed E-state index contributed by atoms with van der Waals surface area (Å²) in [5.41, 5.74) is -0.932. The van der Waals surface area contributed by atoms with E-state index >= 15 is 8.78 Å². The van der Waals surface area contributed by atoms with Crippen molar-refractivity contribution in [2.75, 3.05) is 7.11 Å². The van der Waals surface area contributed by atoms with Crippen LogP contribution < -0.4 is 4.74 Å². The van der Waals surface area contributed by atoms with Crippen LogP contribution in [0.5, 0.6) is 5.75 Å². The number of hydrogen-bond acceptors (Lipinski definition) is 1. The molecular formula is C25H18F8NO. The van der Waals surface area contributed by atoms with Gasteiger partial charge in [-0.05, 0) is 36.2 Å². The second-order valence-corrected chi connectivity index (χ2v) is 7.94. The third-order valence-corrected chi connectivity index (χ3v) is 5.80. The number of para-hydroxylation sites is 2. The Morgan fingerprint density at radius 3 is 1.66 bits per heavy atom. The monoisotopic (exact) mass is 500 g/mol. The van der Waals surface area contributed by atoms with Gasteiger partial charge in [-0.2, -0.15) is 35.1 Å². The number of halogens is 8. The average molecular weight is 500 g/mol. The molecule has 0 fully saturated rings. The molecule has 185 valence electrons. The van der Waals surface area contributed by atoms with E-state index in [9.17, 15) is 26.3 Å². The molecule has 10 heteroatoms. The van der Waals surface area contributed by atoms with Crippen molar-refractivity contribution in [2.45, 2.75) is 30.2 Å². The van der Waals surface area contributed by atoms with Crippen LogP contribution in [0.15, 0.2) is 72.8 Å². The predicted molar refractivity (Wildman–Crippen MR) is 115 cm³/mol. The summed E-state index contributed by atoms with van der Waals surface area (Å²) < 4.78 is 123. The Bertz CT molecular complexity index is 1290. The molecule has 0 spiro atoms. The summed E-state index contributed by atoms with van der Waals surface area (Å²) in [6, 6.07) is 9.67. The van der Waals surface area contributed by atoms with Gasteiger partial charge in [0.2, 0.25) is 0 Å². The summed E-state index contributed by atoms with van der Waals surface area (Å²) in [6.07, 6.45) is -1.26. The molecule has 0 atom stereocenters. The largest absolute Gasteiger partial charge is 0.497 e. The normalized spacial score (nSPS) is 13.5. The maximum atomic E-state index is 15.3. The Labute approximate surface area is 194 Å². The van der Waals surface area contributed by atoms with Crippen molar-refractivity contribution in [3.05, 3.63) is 84.8 Å². The van der Waals surface area contributed by atoms with E-state index in [1.54, 1.807) is 0 Å². The molecule has 1 aromatic heterocycles. The SMILES string of the molecule is COc1ccc(C[CH]C(F)(F)C(F)(F)C(F)(F)C(F)(F)n2c3ccccc3c3ccccc32)cc1. The summed E-state index contributed by atoms with van der Waals surface area (Å²) in [6.45, 7) is 0. The number of aromatic nitrogens is 1. The molecule has 3 aromatic carbocycles. The molecule has 0 saturated heterocycles. The summed E-state index contributed by atoms with van der Waals surface area (Å²) in [5.74, 6) is -18.1. The van der Waals surface area contributed by atoms with Gasteiger partial charge in [0, 0.05) is 17.2 Å². The minimum atomic E-state index is -6.47. The van der Waals surface area contributed by atoms with Crippen molar-refractivity contribution in [2.24, 2.45) is 0 Å². The molecule has 0 N–H and O–H groups in total. The molecule has 1 radical (unpaired) electrons. The van der Waals surface area contributed by atoms with Gasteiger partial charge in [0.05, 0.1) is 18.1 Å². The number of rotatable bonds is 8. The number of methoxy groups -OCH3 is 1. The maximum Gasteiger partial charge on any atom is 0.399 e. The lowest BCUT2D eigenvalue weighted by atomic mass is 9.96. The van der Waals surface area contributed by atoms with E-state index in [0.717, 1.165) is 12.1 Å². The lowest BCUT2D eigenvalue weighted by Gasteiger charge is -2.37. The molecule has 0 saturated carbocycles. The molecule has 1 heterocycles. The predicted octanol–water partition coefficient (Wildman–Crippen LogP) is 7.71. The van der Waals surface area contributed by atoms with Crippen LogP contribution in [-0.4, -0.2) is 29.4 Å². The van der Waals surface area contributed by atoms with Crippen LogP contribution in [0.1, 0.15) is 5.56 Å². The molecular weight excluding hydrogens is 482 g/mol. The van der Waals surface area contributed by atoms with E-state index in [1.165, 1.54) is 67.8 Å². The maximum absolute atomic E-state index is 15.3. The van der Waals surface area contributed by atoms with Crippen LogP contribution in [0.3, 0.4) is 0 Å². The first-order chi connectivity index (χ1) is 16.3. The number of benzene rings is 3. The first kappa shape index (κ1) is 24.8. The second kappa shape index (κ2) is 8.42. The Hall–Kier alpha value is -3.30. The van der Waals surface area contributed by atoms with Crippen LogP contribution in [0, 0.1) is 6.42 Å². The molecule has 2 nitrogen and oxygen atoms in total. The average Bonchev–Trinajstić information content (AvgIpc) is 3.18. The van der Waals surface area contributed by atoms with Crippen molar-refractivity contribution in [1.82, 2.24) is 4.57 Å². The third-order valence-electron chi connectivity index (χ3n) is 5.80. The zero-order chi connectivity index (χ0) is 25.6. The number of nitrogens with zero attached hydrogens (tertiary/aromatic N) is 1. The van der Waals surface area contributed by atoms with Gasteiger partial charge >= 0.3 is 23.8 Å². The summed E-state index contributed by atoms with van der Waals surface area (Å²) in [4.78, 5) is 0. The van der Waals surface area contributed by atoms with Crippen molar-refractivity contribution in [1.29, 1.82) is 0 Å². The fourth-order valence-electron chi connectivity index (χ4n) is 3.90. The highest BCUT2D eigenvalue weighted by atomic mass is 19.4. The zero-order valence-electron chi connectivity index (χ0n) is 18.1. The number of hydrogen-bond donors (Lipinski definition) is 0. The number of ether oxygens (including phenoxy) is 1. The van der Waals surface area contributed by atoms with Crippen LogP contribution in [0.2, 0.25) is 0 Å². The Kier molecular flexibility index (Phi) is 5.97. The quantitative estimate of drug-likeness (QED) is 0.226. The molecule has 4 rings (SSSR count). The minimum Gasteiger partial charge on any atom is -0.497 e. The highest BCUT2D eigenvalue weighted by Crippen LogP contribution is 2.56. The van der Waals surface area contributed by atoms with Crippen molar-refractivity contribution in [3.8, 4) is 5.75 Å². The second-order valence-electron chi connectivity index (χ2n) is 7.94. The smallest absolute Gasteiger partial charge is 0.399 e. The topological polar surface area (TPSA) is 14.2 Å². The van der Waals surface area contributed by atoms with Crippen LogP contribution in [-0.2, 0) is 12.5 Å². The van der Waals surface area contributed by atoms with Crippen molar-refractivity contribution >= 4 is 21.8 Å². The molecule has 0 aliphatic rings. The van der Waals surface area contributed by atoms with Gasteiger partial charge in [0.15, 0.2) is 0 Å². The standard InChI is InChI=1S/C25H18F8NO/c1-35-17-12-10-16(11-13-17)14-15-22(26,27)23(28,29)24(30,31)25(32,33)34-20-8-4-2-6-18(20)19-7-3-5-9-21(19)34/h2-13,15H,14H2,1H3. The number of alkyl halides is 8. The van der Waals surface area contributed by atoms with E-state index in [2.05, 4.69) is 0 Å². The first-order valence-corrected chi connectivity index (χ1v) is 10.3. The third kappa shape index (κ3) is 3.79. The lowest BCUT2D eigenvalue weighted by Crippen LogP contribution is -2.62. The van der Waals surface area contributed by atoms with Gasteiger partial charge < -0.3 is 4.74 Å². The first-order valence-electron chi connectivity index (χ1n) is 10.3. The van der Waals surface area contributed by atoms with Crippen LogP contribution in [0.4, 0.5) is 35.1 Å².